The molecule has 0 aliphatic heterocycles. The average Bonchev–Trinajstić information content (AvgIpc) is 2.69. The first-order chi connectivity index (χ1) is 8.34. The monoisotopic (exact) mass is 222 g/mol. The molecule has 3 aromatic rings. The van der Waals surface area contributed by atoms with Crippen LogP contribution < -0.4 is 0 Å². The molecule has 3 rings (SSSR count). The Morgan fingerprint density at radius 2 is 1.47 bits per heavy atom. The van der Waals surface area contributed by atoms with E-state index in [4.69, 9.17) is 4.42 Å². The van der Waals surface area contributed by atoms with Crippen molar-refractivity contribution in [3.8, 4) is 0 Å². The number of aryl methyl sites for hydroxylation is 1. The minimum atomic E-state index is 0.856. The Morgan fingerprint density at radius 1 is 0.824 bits per heavy atom. The van der Waals surface area contributed by atoms with E-state index in [9.17, 15) is 0 Å². The maximum absolute atomic E-state index is 5.87. The van der Waals surface area contributed by atoms with E-state index < -0.39 is 0 Å². The number of hydrogen-bond acceptors (Lipinski definition) is 1. The fourth-order valence-electron chi connectivity index (χ4n) is 2.24. The van der Waals surface area contributed by atoms with Crippen molar-refractivity contribution >= 4 is 10.8 Å². The lowest BCUT2D eigenvalue weighted by Crippen LogP contribution is -1.85. The van der Waals surface area contributed by atoms with Crippen molar-refractivity contribution in [1.29, 1.82) is 0 Å². The summed E-state index contributed by atoms with van der Waals surface area (Å²) in [6.45, 7) is 2.02. The first-order valence-electron chi connectivity index (χ1n) is 5.85. The van der Waals surface area contributed by atoms with Crippen LogP contribution in [0.25, 0.3) is 10.8 Å². The Hall–Kier alpha value is -2.02. The summed E-state index contributed by atoms with van der Waals surface area (Å²) < 4.78 is 5.87. The van der Waals surface area contributed by atoms with Crippen LogP contribution in [0.2, 0.25) is 0 Å². The summed E-state index contributed by atoms with van der Waals surface area (Å²) in [6.07, 6.45) is 0.856. The average molecular weight is 222 g/mol. The van der Waals surface area contributed by atoms with Crippen LogP contribution >= 0.6 is 0 Å². The summed E-state index contributed by atoms with van der Waals surface area (Å²) in [6, 6.07) is 18.8. The van der Waals surface area contributed by atoms with Gasteiger partial charge in [-0.15, -0.1) is 0 Å². The van der Waals surface area contributed by atoms with Crippen molar-refractivity contribution in [3.05, 3.63) is 71.7 Å². The standard InChI is InChI=1S/C16H14O/c1-12-14-9-5-6-10-15(14)16(17-12)11-13-7-3-2-4-8-13/h2-10H,11H2,1H3. The largest absolute Gasteiger partial charge is 0.465 e. The molecule has 0 radical (unpaired) electrons. The first-order valence-corrected chi connectivity index (χ1v) is 5.85. The van der Waals surface area contributed by atoms with Gasteiger partial charge in [-0.3, -0.25) is 0 Å². The van der Waals surface area contributed by atoms with Gasteiger partial charge in [-0.2, -0.15) is 0 Å². The fraction of sp³-hybridized carbons (Fsp3) is 0.125. The zero-order chi connectivity index (χ0) is 11.7. The Balaban J connectivity index is 2.07. The van der Waals surface area contributed by atoms with Gasteiger partial charge in [-0.1, -0.05) is 54.6 Å². The predicted octanol–water partition coefficient (Wildman–Crippen LogP) is 4.33. The Bertz CT molecular complexity index is 635. The minimum absolute atomic E-state index is 0.856. The molecular weight excluding hydrogens is 208 g/mol. The quantitative estimate of drug-likeness (QED) is 0.629. The SMILES string of the molecule is Cc1oc(Cc2ccccc2)c2ccccc12. The zero-order valence-corrected chi connectivity index (χ0v) is 9.81. The molecule has 0 atom stereocenters. The second kappa shape index (κ2) is 4.10. The molecule has 0 unspecified atom stereocenters. The molecule has 2 aromatic carbocycles. The van der Waals surface area contributed by atoms with Crippen LogP contribution in [0.4, 0.5) is 0 Å². The molecule has 0 saturated carbocycles. The van der Waals surface area contributed by atoms with Gasteiger partial charge in [0.05, 0.1) is 0 Å². The van der Waals surface area contributed by atoms with Gasteiger partial charge < -0.3 is 4.42 Å². The molecule has 1 heterocycles. The number of benzene rings is 2. The lowest BCUT2D eigenvalue weighted by molar-refractivity contribution is 0.498. The van der Waals surface area contributed by atoms with E-state index in [0.717, 1.165) is 17.9 Å². The molecule has 17 heavy (non-hydrogen) atoms. The van der Waals surface area contributed by atoms with E-state index in [2.05, 4.69) is 48.5 Å². The molecule has 0 N–H and O–H groups in total. The second-order valence-corrected chi connectivity index (χ2v) is 4.29. The summed E-state index contributed by atoms with van der Waals surface area (Å²) in [5, 5.41) is 2.45. The third-order valence-electron chi connectivity index (χ3n) is 3.09. The molecule has 0 bridgehead atoms. The number of rotatable bonds is 2. The molecule has 0 fully saturated rings. The van der Waals surface area contributed by atoms with E-state index in [1.807, 2.05) is 13.0 Å². The second-order valence-electron chi connectivity index (χ2n) is 4.29. The number of furan rings is 1. The Morgan fingerprint density at radius 3 is 2.24 bits per heavy atom. The highest BCUT2D eigenvalue weighted by molar-refractivity contribution is 5.86. The van der Waals surface area contributed by atoms with Crippen LogP contribution in [0.3, 0.4) is 0 Å². The van der Waals surface area contributed by atoms with Crippen molar-refractivity contribution in [2.75, 3.05) is 0 Å². The molecule has 0 saturated heterocycles. The van der Waals surface area contributed by atoms with Gasteiger partial charge >= 0.3 is 0 Å². The molecule has 0 amide bonds. The zero-order valence-electron chi connectivity index (χ0n) is 9.81. The van der Waals surface area contributed by atoms with Crippen LogP contribution in [-0.4, -0.2) is 0 Å². The molecule has 1 heteroatoms. The van der Waals surface area contributed by atoms with E-state index in [-0.39, 0.29) is 0 Å². The maximum atomic E-state index is 5.87. The number of hydrogen-bond donors (Lipinski definition) is 0. The van der Waals surface area contributed by atoms with E-state index in [1.165, 1.54) is 16.3 Å². The van der Waals surface area contributed by atoms with Gasteiger partial charge in [0.2, 0.25) is 0 Å². The van der Waals surface area contributed by atoms with Crippen LogP contribution in [0.1, 0.15) is 17.1 Å². The van der Waals surface area contributed by atoms with Crippen molar-refractivity contribution in [2.45, 2.75) is 13.3 Å². The highest BCUT2D eigenvalue weighted by atomic mass is 16.3. The van der Waals surface area contributed by atoms with Crippen LogP contribution in [0.15, 0.2) is 59.0 Å². The summed E-state index contributed by atoms with van der Waals surface area (Å²) in [5.41, 5.74) is 1.28. The summed E-state index contributed by atoms with van der Waals surface area (Å²) >= 11 is 0. The fourth-order valence-corrected chi connectivity index (χ4v) is 2.24. The van der Waals surface area contributed by atoms with E-state index in [0.29, 0.717) is 0 Å². The molecule has 1 nitrogen and oxygen atoms in total. The Labute approximate surface area is 101 Å². The summed E-state index contributed by atoms with van der Waals surface area (Å²) in [4.78, 5) is 0. The first kappa shape index (κ1) is 10.2. The van der Waals surface area contributed by atoms with Gasteiger partial charge in [0.25, 0.3) is 0 Å². The maximum Gasteiger partial charge on any atom is 0.116 e. The molecule has 0 spiro atoms. The van der Waals surface area contributed by atoms with Crippen molar-refractivity contribution in [2.24, 2.45) is 0 Å². The normalized spacial score (nSPS) is 10.9. The third-order valence-corrected chi connectivity index (χ3v) is 3.09. The highest BCUT2D eigenvalue weighted by Gasteiger charge is 2.09. The minimum Gasteiger partial charge on any atom is -0.465 e. The van der Waals surface area contributed by atoms with E-state index in [1.54, 1.807) is 0 Å². The van der Waals surface area contributed by atoms with Gasteiger partial charge in [0, 0.05) is 17.2 Å². The lowest BCUT2D eigenvalue weighted by atomic mass is 10.1. The van der Waals surface area contributed by atoms with Gasteiger partial charge in [-0.25, -0.2) is 0 Å². The Kier molecular flexibility index (Phi) is 2.45. The molecule has 0 aliphatic rings. The molecule has 84 valence electrons. The van der Waals surface area contributed by atoms with E-state index >= 15 is 0 Å². The van der Waals surface area contributed by atoms with Gasteiger partial charge in [0.15, 0.2) is 0 Å². The van der Waals surface area contributed by atoms with Crippen molar-refractivity contribution < 1.29 is 4.42 Å². The molecule has 1 aromatic heterocycles. The third kappa shape index (κ3) is 1.84. The van der Waals surface area contributed by atoms with Crippen LogP contribution in [0.5, 0.6) is 0 Å². The van der Waals surface area contributed by atoms with Crippen LogP contribution in [-0.2, 0) is 6.42 Å². The summed E-state index contributed by atoms with van der Waals surface area (Å²) in [5.74, 6) is 2.07. The summed E-state index contributed by atoms with van der Waals surface area (Å²) in [7, 11) is 0. The van der Waals surface area contributed by atoms with Gasteiger partial charge in [-0.05, 0) is 12.5 Å². The van der Waals surface area contributed by atoms with Gasteiger partial charge in [0.1, 0.15) is 11.5 Å². The number of fused-ring (bicyclic) bond motifs is 1. The smallest absolute Gasteiger partial charge is 0.116 e. The predicted molar refractivity (Wildman–Crippen MR) is 70.2 cm³/mol. The molecule has 0 aliphatic carbocycles. The van der Waals surface area contributed by atoms with Crippen molar-refractivity contribution in [3.63, 3.8) is 0 Å². The lowest BCUT2D eigenvalue weighted by Gasteiger charge is -1.98. The topological polar surface area (TPSA) is 13.1 Å². The van der Waals surface area contributed by atoms with Crippen molar-refractivity contribution in [1.82, 2.24) is 0 Å². The molecular formula is C16H14O. The highest BCUT2D eigenvalue weighted by Crippen LogP contribution is 2.27. The van der Waals surface area contributed by atoms with Crippen LogP contribution in [0, 0.1) is 6.92 Å².